The van der Waals surface area contributed by atoms with E-state index in [0.717, 1.165) is 0 Å². The van der Waals surface area contributed by atoms with Crippen LogP contribution in [0.3, 0.4) is 0 Å². The summed E-state index contributed by atoms with van der Waals surface area (Å²) in [6.45, 7) is -0.266. The summed E-state index contributed by atoms with van der Waals surface area (Å²) in [7, 11) is 0. The molecule has 0 unspecified atom stereocenters. The highest BCUT2D eigenvalue weighted by Gasteiger charge is 2.04. The Morgan fingerprint density at radius 3 is 2.69 bits per heavy atom. The summed E-state index contributed by atoms with van der Waals surface area (Å²) in [5.74, 6) is 0.523. The smallest absolute Gasteiger partial charge is 0.142 e. The zero-order valence-corrected chi connectivity index (χ0v) is 7.18. The van der Waals surface area contributed by atoms with E-state index >= 15 is 0 Å². The molecule has 0 aromatic heterocycles. The van der Waals surface area contributed by atoms with E-state index in [2.05, 4.69) is 0 Å². The highest BCUT2D eigenvalue weighted by molar-refractivity contribution is 5.51. The van der Waals surface area contributed by atoms with Crippen LogP contribution >= 0.6 is 0 Å². The van der Waals surface area contributed by atoms with Crippen molar-refractivity contribution in [2.75, 3.05) is 18.9 Å². The summed E-state index contributed by atoms with van der Waals surface area (Å²) in [4.78, 5) is 0. The number of para-hydroxylation sites is 2. The zero-order valence-electron chi connectivity index (χ0n) is 7.18. The first-order valence-corrected chi connectivity index (χ1v) is 4.00. The van der Waals surface area contributed by atoms with Crippen molar-refractivity contribution in [1.82, 2.24) is 0 Å². The van der Waals surface area contributed by atoms with Crippen molar-refractivity contribution >= 4 is 5.69 Å². The zero-order chi connectivity index (χ0) is 9.68. The maximum Gasteiger partial charge on any atom is 0.142 e. The number of hydrogen-bond acceptors (Lipinski definition) is 4. The molecule has 4 N–H and O–H groups in total. The minimum atomic E-state index is -0.861. The molecule has 0 amide bonds. The second-order valence-electron chi connectivity index (χ2n) is 2.69. The number of ether oxygens (including phenoxy) is 1. The van der Waals surface area contributed by atoms with E-state index in [1.165, 1.54) is 0 Å². The fourth-order valence-electron chi connectivity index (χ4n) is 0.851. The molecule has 0 aliphatic rings. The third-order valence-electron chi connectivity index (χ3n) is 1.56. The van der Waals surface area contributed by atoms with Crippen LogP contribution < -0.4 is 10.5 Å². The first-order valence-electron chi connectivity index (χ1n) is 4.00. The molecule has 1 aromatic carbocycles. The van der Waals surface area contributed by atoms with Gasteiger partial charge in [0, 0.05) is 0 Å². The normalized spacial score (nSPS) is 12.5. The van der Waals surface area contributed by atoms with Crippen LogP contribution in [-0.2, 0) is 0 Å². The highest BCUT2D eigenvalue weighted by atomic mass is 16.5. The second kappa shape index (κ2) is 4.69. The van der Waals surface area contributed by atoms with Crippen molar-refractivity contribution in [3.05, 3.63) is 24.3 Å². The van der Waals surface area contributed by atoms with Gasteiger partial charge in [-0.25, -0.2) is 0 Å². The van der Waals surface area contributed by atoms with Crippen molar-refractivity contribution in [3.63, 3.8) is 0 Å². The molecule has 0 spiro atoms. The Bertz CT molecular complexity index is 265. The predicted molar refractivity (Wildman–Crippen MR) is 49.4 cm³/mol. The van der Waals surface area contributed by atoms with Crippen LogP contribution in [0, 0.1) is 0 Å². The molecular weight excluding hydrogens is 170 g/mol. The SMILES string of the molecule is Nc1ccccc1OC[C@H](O)CO. The number of nitrogen functional groups attached to an aromatic ring is 1. The average Bonchev–Trinajstić information content (AvgIpc) is 2.16. The Balaban J connectivity index is 2.50. The second-order valence-corrected chi connectivity index (χ2v) is 2.69. The van der Waals surface area contributed by atoms with Crippen LogP contribution in [0.5, 0.6) is 5.75 Å². The van der Waals surface area contributed by atoms with E-state index in [1.807, 2.05) is 0 Å². The molecule has 0 heterocycles. The molecule has 4 heteroatoms. The van der Waals surface area contributed by atoms with Crippen LogP contribution in [0.25, 0.3) is 0 Å². The molecule has 0 fully saturated rings. The number of nitrogens with two attached hydrogens (primary N) is 1. The summed E-state index contributed by atoms with van der Waals surface area (Å²) in [5.41, 5.74) is 6.10. The van der Waals surface area contributed by atoms with Crippen molar-refractivity contribution in [3.8, 4) is 5.75 Å². The lowest BCUT2D eigenvalue weighted by atomic mass is 10.3. The fourth-order valence-corrected chi connectivity index (χ4v) is 0.851. The number of hydrogen-bond donors (Lipinski definition) is 3. The van der Waals surface area contributed by atoms with Gasteiger partial charge in [0.25, 0.3) is 0 Å². The van der Waals surface area contributed by atoms with Gasteiger partial charge in [-0.2, -0.15) is 0 Å². The third-order valence-corrected chi connectivity index (χ3v) is 1.56. The fraction of sp³-hybridized carbons (Fsp3) is 0.333. The van der Waals surface area contributed by atoms with Crippen molar-refractivity contribution in [2.24, 2.45) is 0 Å². The topological polar surface area (TPSA) is 75.7 Å². The molecule has 1 aromatic rings. The molecule has 0 saturated heterocycles. The van der Waals surface area contributed by atoms with E-state index in [4.69, 9.17) is 20.7 Å². The predicted octanol–water partition coefficient (Wildman–Crippen LogP) is 0.000800. The average molecular weight is 183 g/mol. The lowest BCUT2D eigenvalue weighted by Gasteiger charge is -2.10. The van der Waals surface area contributed by atoms with Gasteiger partial charge < -0.3 is 20.7 Å². The Hall–Kier alpha value is -1.26. The van der Waals surface area contributed by atoms with Crippen LogP contribution in [0.1, 0.15) is 0 Å². The molecule has 1 atom stereocenters. The van der Waals surface area contributed by atoms with E-state index in [1.54, 1.807) is 24.3 Å². The Labute approximate surface area is 76.6 Å². The highest BCUT2D eigenvalue weighted by Crippen LogP contribution is 2.19. The van der Waals surface area contributed by atoms with Gasteiger partial charge >= 0.3 is 0 Å². The van der Waals surface area contributed by atoms with Gasteiger partial charge in [-0.3, -0.25) is 0 Å². The summed E-state index contributed by atoms with van der Waals surface area (Å²) >= 11 is 0. The van der Waals surface area contributed by atoms with E-state index in [9.17, 15) is 0 Å². The lowest BCUT2D eigenvalue weighted by molar-refractivity contribution is 0.0538. The molecule has 0 radical (unpaired) electrons. The molecule has 72 valence electrons. The number of aliphatic hydroxyl groups is 2. The summed E-state index contributed by atoms with van der Waals surface area (Å²) in [6.07, 6.45) is -0.861. The maximum absolute atomic E-state index is 8.99. The molecule has 0 aliphatic carbocycles. The molecule has 0 saturated carbocycles. The largest absolute Gasteiger partial charge is 0.489 e. The van der Waals surface area contributed by atoms with Gasteiger partial charge in [-0.15, -0.1) is 0 Å². The molecule has 0 bridgehead atoms. The Kier molecular flexibility index (Phi) is 3.54. The maximum atomic E-state index is 8.99. The van der Waals surface area contributed by atoms with Gasteiger partial charge in [0.2, 0.25) is 0 Å². The van der Waals surface area contributed by atoms with E-state index in [-0.39, 0.29) is 13.2 Å². The van der Waals surface area contributed by atoms with Gasteiger partial charge in [-0.05, 0) is 12.1 Å². The monoisotopic (exact) mass is 183 g/mol. The minimum absolute atomic E-state index is 0.0463. The first-order chi connectivity index (χ1) is 6.24. The Morgan fingerprint density at radius 1 is 1.38 bits per heavy atom. The minimum Gasteiger partial charge on any atom is -0.489 e. The van der Waals surface area contributed by atoms with Crippen LogP contribution in [0.15, 0.2) is 24.3 Å². The summed E-state index contributed by atoms with van der Waals surface area (Å²) < 4.78 is 5.15. The van der Waals surface area contributed by atoms with Crippen LogP contribution in [0.4, 0.5) is 5.69 Å². The van der Waals surface area contributed by atoms with Gasteiger partial charge in [0.05, 0.1) is 12.3 Å². The number of aliphatic hydroxyl groups excluding tert-OH is 2. The first kappa shape index (κ1) is 9.83. The number of benzene rings is 1. The van der Waals surface area contributed by atoms with Crippen molar-refractivity contribution < 1.29 is 14.9 Å². The summed E-state index contributed by atoms with van der Waals surface area (Å²) in [6, 6.07) is 7.00. The molecule has 4 nitrogen and oxygen atoms in total. The molecule has 1 rings (SSSR count). The van der Waals surface area contributed by atoms with E-state index in [0.29, 0.717) is 11.4 Å². The van der Waals surface area contributed by atoms with Crippen molar-refractivity contribution in [1.29, 1.82) is 0 Å². The van der Waals surface area contributed by atoms with Gasteiger partial charge in [0.1, 0.15) is 18.5 Å². The summed E-state index contributed by atoms with van der Waals surface area (Å²) in [5, 5.41) is 17.5. The Morgan fingerprint density at radius 2 is 2.08 bits per heavy atom. The standard InChI is InChI=1S/C9H13NO3/c10-8-3-1-2-4-9(8)13-6-7(12)5-11/h1-4,7,11-12H,5-6,10H2/t7-/m1/s1. The molecular formula is C9H13NO3. The van der Waals surface area contributed by atoms with Crippen LogP contribution in [0.2, 0.25) is 0 Å². The van der Waals surface area contributed by atoms with Crippen LogP contribution in [-0.4, -0.2) is 29.5 Å². The number of rotatable bonds is 4. The molecule has 0 aliphatic heterocycles. The van der Waals surface area contributed by atoms with Gasteiger partial charge in [0.15, 0.2) is 0 Å². The number of anilines is 1. The quantitative estimate of drug-likeness (QED) is 0.574. The molecule has 13 heavy (non-hydrogen) atoms. The lowest BCUT2D eigenvalue weighted by Crippen LogP contribution is -2.21. The third kappa shape index (κ3) is 2.93. The van der Waals surface area contributed by atoms with E-state index < -0.39 is 6.10 Å². The van der Waals surface area contributed by atoms with Crippen molar-refractivity contribution in [2.45, 2.75) is 6.10 Å². The van der Waals surface area contributed by atoms with Gasteiger partial charge in [-0.1, -0.05) is 12.1 Å².